The maximum Gasteiger partial charge on any atom is 0.365 e. The van der Waals surface area contributed by atoms with E-state index in [0.717, 1.165) is 20.7 Å². The number of oxime groups is 1. The molecule has 0 fully saturated rings. The second-order valence-corrected chi connectivity index (χ2v) is 9.20. The van der Waals surface area contributed by atoms with Crippen LogP contribution in [0.25, 0.3) is 11.0 Å². The molecule has 0 bridgehead atoms. The average Bonchev–Trinajstić information content (AvgIpc) is 3.37. The van der Waals surface area contributed by atoms with Gasteiger partial charge in [-0.05, 0) is 73.2 Å². The van der Waals surface area contributed by atoms with Crippen molar-refractivity contribution < 1.29 is 18.8 Å². The molecule has 4 aromatic carbocycles. The summed E-state index contributed by atoms with van der Waals surface area (Å²) < 4.78 is 5.70. The number of carbonyl (C=O) groups excluding carboxylic acids is 2. The molecule has 0 unspecified atom stereocenters. The van der Waals surface area contributed by atoms with Crippen molar-refractivity contribution in [3.8, 4) is 0 Å². The van der Waals surface area contributed by atoms with E-state index in [0.29, 0.717) is 28.2 Å². The topological polar surface area (TPSA) is 68.9 Å². The van der Waals surface area contributed by atoms with E-state index < -0.39 is 5.97 Å². The van der Waals surface area contributed by atoms with Crippen LogP contribution in [0.15, 0.2) is 129 Å². The van der Waals surface area contributed by atoms with E-state index >= 15 is 0 Å². The van der Waals surface area contributed by atoms with Gasteiger partial charge in [-0.1, -0.05) is 65.4 Å². The van der Waals surface area contributed by atoms with Gasteiger partial charge < -0.3 is 9.25 Å². The second kappa shape index (κ2) is 10.5. The Bertz CT molecular complexity index is 1520. The van der Waals surface area contributed by atoms with Crippen molar-refractivity contribution >= 4 is 40.2 Å². The van der Waals surface area contributed by atoms with Gasteiger partial charge in [-0.2, -0.15) is 0 Å². The molecule has 0 radical (unpaired) electrons. The Morgan fingerprint density at radius 1 is 0.722 bits per heavy atom. The van der Waals surface area contributed by atoms with E-state index in [4.69, 9.17) is 9.25 Å². The number of fused-ring (bicyclic) bond motifs is 1. The first-order valence-corrected chi connectivity index (χ1v) is 12.1. The molecular weight excluding hydrogens is 470 g/mol. The summed E-state index contributed by atoms with van der Waals surface area (Å²) in [5, 5.41) is 4.88. The Kier molecular flexibility index (Phi) is 6.78. The Hall–Kier alpha value is -4.42. The second-order valence-electron chi connectivity index (χ2n) is 8.05. The van der Waals surface area contributed by atoms with Crippen LogP contribution < -0.4 is 0 Å². The fourth-order valence-corrected chi connectivity index (χ4v) is 4.42. The number of hydrogen-bond acceptors (Lipinski definition) is 6. The van der Waals surface area contributed by atoms with Gasteiger partial charge in [0.2, 0.25) is 5.78 Å². The van der Waals surface area contributed by atoms with Gasteiger partial charge in [0.1, 0.15) is 5.58 Å². The number of nitrogens with zero attached hydrogens (tertiary/aromatic N) is 1. The van der Waals surface area contributed by atoms with Gasteiger partial charge in [0.15, 0.2) is 5.76 Å². The highest BCUT2D eigenvalue weighted by Crippen LogP contribution is 2.29. The molecule has 0 amide bonds. The minimum Gasteiger partial charge on any atom is -0.453 e. The first-order chi connectivity index (χ1) is 17.6. The van der Waals surface area contributed by atoms with E-state index in [-0.39, 0.29) is 5.78 Å². The molecule has 6 heteroatoms. The van der Waals surface area contributed by atoms with Crippen LogP contribution in [0.4, 0.5) is 0 Å². The zero-order chi connectivity index (χ0) is 24.9. The molecule has 0 aliphatic carbocycles. The Labute approximate surface area is 212 Å². The van der Waals surface area contributed by atoms with Gasteiger partial charge in [-0.15, -0.1) is 0 Å². The van der Waals surface area contributed by atoms with Crippen molar-refractivity contribution in [1.82, 2.24) is 0 Å². The van der Waals surface area contributed by atoms with Gasteiger partial charge >= 0.3 is 5.97 Å². The zero-order valence-electron chi connectivity index (χ0n) is 19.4. The van der Waals surface area contributed by atoms with Crippen molar-refractivity contribution in [3.63, 3.8) is 0 Å². The number of rotatable bonds is 7. The first kappa shape index (κ1) is 23.3. The van der Waals surface area contributed by atoms with Gasteiger partial charge in [-0.3, -0.25) is 4.79 Å². The molecule has 5 rings (SSSR count). The smallest absolute Gasteiger partial charge is 0.365 e. The molecule has 0 atom stereocenters. The maximum absolute atomic E-state index is 12.8. The summed E-state index contributed by atoms with van der Waals surface area (Å²) in [5.41, 5.74) is 3.18. The normalized spacial score (nSPS) is 11.4. The molecule has 5 nitrogen and oxygen atoms in total. The Balaban J connectivity index is 1.21. The highest BCUT2D eigenvalue weighted by atomic mass is 32.2. The van der Waals surface area contributed by atoms with Crippen molar-refractivity contribution in [1.29, 1.82) is 0 Å². The van der Waals surface area contributed by atoms with Crippen molar-refractivity contribution in [2.45, 2.75) is 16.7 Å². The van der Waals surface area contributed by atoms with Gasteiger partial charge in [0.25, 0.3) is 0 Å². The lowest BCUT2D eigenvalue weighted by atomic mass is 10.1. The van der Waals surface area contributed by atoms with Gasteiger partial charge in [-0.25, -0.2) is 4.79 Å². The highest BCUT2D eigenvalue weighted by Gasteiger charge is 2.14. The molecule has 1 aromatic heterocycles. The number of furan rings is 1. The molecule has 0 spiro atoms. The van der Waals surface area contributed by atoms with E-state index in [9.17, 15) is 9.59 Å². The van der Waals surface area contributed by atoms with Crippen molar-refractivity contribution in [3.05, 3.63) is 132 Å². The van der Waals surface area contributed by atoms with E-state index in [1.165, 1.54) is 0 Å². The molecule has 5 aromatic rings. The predicted octanol–water partition coefficient (Wildman–Crippen LogP) is 7.40. The molecule has 0 aliphatic heterocycles. The fraction of sp³-hybridized carbons (Fsp3) is 0.0333. The summed E-state index contributed by atoms with van der Waals surface area (Å²) in [6.07, 6.45) is 0. The monoisotopic (exact) mass is 491 g/mol. The van der Waals surface area contributed by atoms with Gasteiger partial charge in [0, 0.05) is 20.7 Å². The largest absolute Gasteiger partial charge is 0.453 e. The first-order valence-electron chi connectivity index (χ1n) is 11.3. The summed E-state index contributed by atoms with van der Waals surface area (Å²) in [7, 11) is 0. The number of ketones is 1. The summed E-state index contributed by atoms with van der Waals surface area (Å²) in [6, 6.07) is 33.4. The van der Waals surface area contributed by atoms with Crippen LogP contribution in [0.5, 0.6) is 0 Å². The molecule has 0 N–H and O–H groups in total. The minimum absolute atomic E-state index is 0.144. The standard InChI is InChI=1S/C30H21NO4S/c1-20(31-35-30(33)23-7-3-2-4-8-23)21-11-15-25(16-12-21)36-26-17-13-22(14-18-26)29(32)28-19-24-9-5-6-10-27(24)34-28/h2-19H,1H3/b31-20+. The lowest BCUT2D eigenvalue weighted by Crippen LogP contribution is -2.03. The summed E-state index contributed by atoms with van der Waals surface area (Å²) >= 11 is 1.58. The average molecular weight is 492 g/mol. The molecule has 176 valence electrons. The van der Waals surface area contributed by atoms with Crippen LogP contribution in [0.3, 0.4) is 0 Å². The summed E-state index contributed by atoms with van der Waals surface area (Å²) in [6.45, 7) is 1.79. The van der Waals surface area contributed by atoms with Crippen LogP contribution >= 0.6 is 11.8 Å². The van der Waals surface area contributed by atoms with Crippen LogP contribution in [0.2, 0.25) is 0 Å². The highest BCUT2D eigenvalue weighted by molar-refractivity contribution is 7.99. The SMILES string of the molecule is C/C(=N\OC(=O)c1ccccc1)c1ccc(Sc2ccc(C(=O)c3cc4ccccc4o3)cc2)cc1. The summed E-state index contributed by atoms with van der Waals surface area (Å²) in [4.78, 5) is 32.0. The quantitative estimate of drug-likeness (QED) is 0.103. The van der Waals surface area contributed by atoms with Crippen LogP contribution in [-0.4, -0.2) is 17.5 Å². The third kappa shape index (κ3) is 5.29. The lowest BCUT2D eigenvalue weighted by molar-refractivity contribution is 0.0516. The van der Waals surface area contributed by atoms with Crippen LogP contribution in [-0.2, 0) is 4.84 Å². The van der Waals surface area contributed by atoms with Gasteiger partial charge in [0.05, 0.1) is 11.3 Å². The molecule has 0 aliphatic rings. The Morgan fingerprint density at radius 3 is 2.00 bits per heavy atom. The zero-order valence-corrected chi connectivity index (χ0v) is 20.2. The number of carbonyl (C=O) groups is 2. The van der Waals surface area contributed by atoms with E-state index in [1.54, 1.807) is 49.0 Å². The summed E-state index contributed by atoms with van der Waals surface area (Å²) in [5.74, 6) is -0.308. The molecular formula is C30H21NO4S. The molecule has 36 heavy (non-hydrogen) atoms. The van der Waals surface area contributed by atoms with Crippen LogP contribution in [0.1, 0.15) is 39.0 Å². The third-order valence-electron chi connectivity index (χ3n) is 5.55. The lowest BCUT2D eigenvalue weighted by Gasteiger charge is -2.05. The van der Waals surface area contributed by atoms with Crippen LogP contribution in [0, 0.1) is 0 Å². The number of para-hydroxylation sites is 1. The molecule has 0 saturated heterocycles. The molecule has 0 saturated carbocycles. The fourth-order valence-electron chi connectivity index (χ4n) is 3.60. The predicted molar refractivity (Wildman–Crippen MR) is 141 cm³/mol. The maximum atomic E-state index is 12.8. The Morgan fingerprint density at radius 2 is 1.33 bits per heavy atom. The number of benzene rings is 4. The number of hydrogen-bond donors (Lipinski definition) is 0. The minimum atomic E-state index is -0.496. The van der Waals surface area contributed by atoms with E-state index in [2.05, 4.69) is 5.16 Å². The molecule has 1 heterocycles. The van der Waals surface area contributed by atoms with Crippen molar-refractivity contribution in [2.24, 2.45) is 5.16 Å². The van der Waals surface area contributed by atoms with Crippen molar-refractivity contribution in [2.75, 3.05) is 0 Å². The van der Waals surface area contributed by atoms with E-state index in [1.807, 2.05) is 78.9 Å². The third-order valence-corrected chi connectivity index (χ3v) is 6.56.